The maximum Gasteiger partial charge on any atom is 0.280 e. The monoisotopic (exact) mass is 505 g/mol. The van der Waals surface area contributed by atoms with Gasteiger partial charge in [0.05, 0.1) is 11.6 Å². The molecule has 8 heteroatoms. The van der Waals surface area contributed by atoms with E-state index in [2.05, 4.69) is 0 Å². The summed E-state index contributed by atoms with van der Waals surface area (Å²) in [6.45, 7) is 9.82. The lowest BCUT2D eigenvalue weighted by Crippen LogP contribution is -2.44. The van der Waals surface area contributed by atoms with Crippen molar-refractivity contribution in [1.82, 2.24) is 0 Å². The van der Waals surface area contributed by atoms with Crippen molar-refractivity contribution >= 4 is 25.7 Å². The minimum atomic E-state index is -3.16. The summed E-state index contributed by atoms with van der Waals surface area (Å²) in [7, 11) is -2.56. The predicted molar refractivity (Wildman–Crippen MR) is 128 cm³/mol. The minimum Gasteiger partial charge on any atom is -0.404 e. The highest BCUT2D eigenvalue weighted by atomic mass is 35.5. The number of hydrogen-bond acceptors (Lipinski definition) is 3. The van der Waals surface area contributed by atoms with Gasteiger partial charge in [-0.15, -0.1) is 0 Å². The third-order valence-electron chi connectivity index (χ3n) is 7.57. The van der Waals surface area contributed by atoms with E-state index in [1.807, 2.05) is 39.9 Å². The normalized spacial score (nSPS) is 21.7. The second-order valence-electron chi connectivity index (χ2n) is 10.8. The fourth-order valence-electron chi connectivity index (χ4n) is 4.80. The van der Waals surface area contributed by atoms with Gasteiger partial charge in [-0.3, -0.25) is 4.79 Å². The molecule has 0 fully saturated rings. The third kappa shape index (κ3) is 4.00. The van der Waals surface area contributed by atoms with Crippen LogP contribution in [-0.4, -0.2) is 20.0 Å². The quantitative estimate of drug-likeness (QED) is 0.401. The summed E-state index contributed by atoms with van der Waals surface area (Å²) in [5, 5.41) is 9.59. The zero-order valence-electron chi connectivity index (χ0n) is 19.9. The van der Waals surface area contributed by atoms with E-state index in [0.29, 0.717) is 23.1 Å². The Morgan fingerprint density at radius 2 is 1.88 bits per heavy atom. The fourth-order valence-corrected chi connectivity index (χ4v) is 6.31. The minimum absolute atomic E-state index is 0.0515. The topological polar surface area (TPSA) is 50.1 Å². The molecule has 34 heavy (non-hydrogen) atoms. The van der Waals surface area contributed by atoms with Crippen molar-refractivity contribution in [3.63, 3.8) is 0 Å². The van der Waals surface area contributed by atoms with Gasteiger partial charge in [-0.25, -0.2) is 13.2 Å². The van der Waals surface area contributed by atoms with Crippen LogP contribution in [0.2, 0.25) is 23.2 Å². The molecular weight excluding hydrogens is 479 g/mol. The molecule has 0 spiro atoms. The van der Waals surface area contributed by atoms with Gasteiger partial charge in [0, 0.05) is 34.9 Å². The van der Waals surface area contributed by atoms with E-state index in [-0.39, 0.29) is 39.0 Å². The molecule has 2 atom stereocenters. The lowest BCUT2D eigenvalue weighted by molar-refractivity contribution is -0.0900. The van der Waals surface area contributed by atoms with Gasteiger partial charge < -0.3 is 4.43 Å². The lowest BCUT2D eigenvalue weighted by Gasteiger charge is -2.40. The Morgan fingerprint density at radius 3 is 2.50 bits per heavy atom. The van der Waals surface area contributed by atoms with Crippen LogP contribution in [0.15, 0.2) is 24.3 Å². The molecule has 0 saturated carbocycles. The van der Waals surface area contributed by atoms with Crippen LogP contribution >= 0.6 is 11.6 Å². The van der Waals surface area contributed by atoms with Crippen LogP contribution in [0.4, 0.5) is 13.2 Å². The zero-order valence-corrected chi connectivity index (χ0v) is 21.6. The molecule has 2 aliphatic rings. The molecule has 2 aliphatic carbocycles. The average molecular weight is 506 g/mol. The average Bonchev–Trinajstić information content (AvgIpc) is 2.98. The third-order valence-corrected chi connectivity index (χ3v) is 12.3. The van der Waals surface area contributed by atoms with Crippen LogP contribution in [0, 0.1) is 17.1 Å². The number of carbonyl (C=O) groups is 1. The Bertz CT molecular complexity index is 1230. The highest BCUT2D eigenvalue weighted by Gasteiger charge is 2.54. The fraction of sp³-hybridized carbons (Fsp3) is 0.462. The maximum absolute atomic E-state index is 15.5. The Hall–Kier alpha value is -2.14. The van der Waals surface area contributed by atoms with Gasteiger partial charge in [-0.2, -0.15) is 5.26 Å². The number of ketones is 1. The standard InChI is InChI=1S/C26H27ClF3NO2Si/c1-25(2,3)34(4,5)33-24-23-19(12-26(24,29)30)16(6-8-20(23)27)17-7-9-21(32)18-11-15(28)10-14(13-31)22(17)18/h6,8,10-11,17,24H,7,9,12H2,1-5H3. The van der Waals surface area contributed by atoms with E-state index < -0.39 is 38.5 Å². The molecular formula is C26H27ClF3NO2Si. The smallest absolute Gasteiger partial charge is 0.280 e. The Morgan fingerprint density at radius 1 is 1.21 bits per heavy atom. The van der Waals surface area contributed by atoms with Gasteiger partial charge in [0.15, 0.2) is 14.1 Å². The molecule has 0 bridgehead atoms. The van der Waals surface area contributed by atoms with Gasteiger partial charge in [-0.1, -0.05) is 38.4 Å². The number of hydrogen-bond donors (Lipinski definition) is 0. The van der Waals surface area contributed by atoms with E-state index in [9.17, 15) is 14.4 Å². The molecule has 0 amide bonds. The van der Waals surface area contributed by atoms with Crippen molar-refractivity contribution in [2.45, 2.75) is 76.1 Å². The summed E-state index contributed by atoms with van der Waals surface area (Å²) in [5.74, 6) is -4.57. The van der Waals surface area contributed by atoms with Crippen molar-refractivity contribution in [2.75, 3.05) is 0 Å². The van der Waals surface area contributed by atoms with Crippen LogP contribution in [0.5, 0.6) is 0 Å². The molecule has 0 radical (unpaired) electrons. The first-order valence-electron chi connectivity index (χ1n) is 11.3. The van der Waals surface area contributed by atoms with Gasteiger partial charge in [0.25, 0.3) is 5.92 Å². The summed E-state index contributed by atoms with van der Waals surface area (Å²) in [4.78, 5) is 12.5. The van der Waals surface area contributed by atoms with Crippen molar-refractivity contribution in [3.8, 4) is 6.07 Å². The second kappa shape index (κ2) is 8.22. The number of halogens is 4. The molecule has 4 rings (SSSR count). The first-order valence-corrected chi connectivity index (χ1v) is 14.6. The SMILES string of the molecule is CC(C)(C)[Si](C)(C)OC1c2c(Cl)ccc(C3CCC(=O)c4cc(F)cc(C#N)c43)c2CC1(F)F. The van der Waals surface area contributed by atoms with E-state index >= 15 is 8.78 Å². The van der Waals surface area contributed by atoms with Gasteiger partial charge in [-0.05, 0) is 59.4 Å². The molecule has 180 valence electrons. The molecule has 3 nitrogen and oxygen atoms in total. The number of nitrogens with zero attached hydrogens (tertiary/aromatic N) is 1. The summed E-state index contributed by atoms with van der Waals surface area (Å²) in [6.07, 6.45) is -1.52. The number of carbonyl (C=O) groups excluding carboxylic acids is 1. The summed E-state index contributed by atoms with van der Waals surface area (Å²) in [5.41, 5.74) is 1.89. The van der Waals surface area contributed by atoms with Crippen molar-refractivity contribution in [2.24, 2.45) is 0 Å². The number of nitriles is 1. The summed E-state index contributed by atoms with van der Waals surface area (Å²) in [6, 6.07) is 7.50. The van der Waals surface area contributed by atoms with Gasteiger partial charge >= 0.3 is 0 Å². The van der Waals surface area contributed by atoms with Crippen molar-refractivity contribution in [3.05, 3.63) is 68.5 Å². The number of benzene rings is 2. The number of rotatable bonds is 3. The lowest BCUT2D eigenvalue weighted by atomic mass is 9.74. The molecule has 0 aliphatic heterocycles. The van der Waals surface area contributed by atoms with E-state index in [1.165, 1.54) is 0 Å². The zero-order chi connectivity index (χ0) is 25.2. The number of alkyl halides is 2. The summed E-state index contributed by atoms with van der Waals surface area (Å²) < 4.78 is 51.3. The molecule has 0 N–H and O–H groups in total. The Balaban J connectivity index is 1.89. The first-order chi connectivity index (χ1) is 15.7. The van der Waals surface area contributed by atoms with Gasteiger partial charge in [0.1, 0.15) is 11.9 Å². The molecule has 2 aromatic rings. The van der Waals surface area contributed by atoms with Crippen LogP contribution in [-0.2, 0) is 10.8 Å². The molecule has 0 heterocycles. The highest BCUT2D eigenvalue weighted by Crippen LogP contribution is 2.54. The Labute approximate surface area is 204 Å². The van der Waals surface area contributed by atoms with Crippen LogP contribution in [0.1, 0.15) is 83.8 Å². The molecule has 0 aromatic heterocycles. The predicted octanol–water partition coefficient (Wildman–Crippen LogP) is 7.71. The largest absolute Gasteiger partial charge is 0.404 e. The van der Waals surface area contributed by atoms with E-state index in [1.54, 1.807) is 12.1 Å². The van der Waals surface area contributed by atoms with Crippen LogP contribution in [0.3, 0.4) is 0 Å². The first kappa shape index (κ1) is 25.0. The summed E-state index contributed by atoms with van der Waals surface area (Å²) >= 11 is 6.49. The van der Waals surface area contributed by atoms with E-state index in [0.717, 1.165) is 12.1 Å². The molecule has 2 aromatic carbocycles. The van der Waals surface area contributed by atoms with Gasteiger partial charge in [0.2, 0.25) is 0 Å². The molecule has 2 unspecified atom stereocenters. The highest BCUT2D eigenvalue weighted by molar-refractivity contribution is 6.74. The van der Waals surface area contributed by atoms with Crippen molar-refractivity contribution < 1.29 is 22.4 Å². The molecule has 0 saturated heterocycles. The van der Waals surface area contributed by atoms with E-state index in [4.69, 9.17) is 16.0 Å². The maximum atomic E-state index is 15.5. The van der Waals surface area contributed by atoms with Crippen LogP contribution < -0.4 is 0 Å². The number of Topliss-reactive ketones (excluding diaryl/α,β-unsaturated/α-hetero) is 1. The Kier molecular flexibility index (Phi) is 6.03. The number of fused-ring (bicyclic) bond motifs is 2. The van der Waals surface area contributed by atoms with Crippen LogP contribution in [0.25, 0.3) is 0 Å². The van der Waals surface area contributed by atoms with Crippen molar-refractivity contribution in [1.29, 1.82) is 5.26 Å². The second-order valence-corrected chi connectivity index (χ2v) is 15.9.